The molecule has 0 radical (unpaired) electrons. The van der Waals surface area contributed by atoms with Crippen molar-refractivity contribution in [3.8, 4) is 0 Å². The summed E-state index contributed by atoms with van der Waals surface area (Å²) in [6.07, 6.45) is 21.5. The van der Waals surface area contributed by atoms with Crippen molar-refractivity contribution < 1.29 is 21.6 Å². The molecule has 0 heterocycles. The number of nitrogens with one attached hydrogen (secondary N) is 1. The third kappa shape index (κ3) is 17.2. The van der Waals surface area contributed by atoms with Gasteiger partial charge in [-0.2, -0.15) is 5.43 Å². The molecule has 0 fully saturated rings. The zero-order chi connectivity index (χ0) is 17.2. The highest BCUT2D eigenvalue weighted by Crippen LogP contribution is 2.13. The van der Waals surface area contributed by atoms with Gasteiger partial charge in [-0.15, -0.1) is 0 Å². The summed E-state index contributed by atoms with van der Waals surface area (Å²) in [7, 11) is 4.42. The molecule has 0 bridgehead atoms. The first-order chi connectivity index (χ1) is 11.2. The average molecular weight is 408 g/mol. The SMILES string of the molecule is CCCCCCCCCCCCCCCC[N+](C)(CCC)NC.[Br-]. The van der Waals surface area contributed by atoms with Gasteiger partial charge in [-0.1, -0.05) is 90.9 Å². The van der Waals surface area contributed by atoms with Crippen LogP contribution in [-0.2, 0) is 0 Å². The quantitative estimate of drug-likeness (QED) is 0.208. The van der Waals surface area contributed by atoms with Gasteiger partial charge in [-0.05, 0) is 19.3 Å². The zero-order valence-electron chi connectivity index (χ0n) is 17.3. The van der Waals surface area contributed by atoms with E-state index in [-0.39, 0.29) is 17.0 Å². The molecule has 0 aromatic heterocycles. The van der Waals surface area contributed by atoms with Crippen LogP contribution in [-0.4, -0.2) is 31.8 Å². The lowest BCUT2D eigenvalue weighted by Gasteiger charge is -2.32. The fourth-order valence-electron chi connectivity index (χ4n) is 3.48. The molecule has 0 aliphatic heterocycles. The first-order valence-corrected chi connectivity index (χ1v) is 10.7. The molecular formula is C21H47BrN2. The summed E-state index contributed by atoms with van der Waals surface area (Å²) in [5.74, 6) is 0. The molecule has 0 saturated heterocycles. The number of rotatable bonds is 18. The van der Waals surface area contributed by atoms with Crippen molar-refractivity contribution in [3.05, 3.63) is 0 Å². The molecule has 0 aromatic rings. The summed E-state index contributed by atoms with van der Waals surface area (Å²) in [5.41, 5.74) is 3.46. The van der Waals surface area contributed by atoms with Gasteiger partial charge in [0.05, 0.1) is 20.1 Å². The van der Waals surface area contributed by atoms with Gasteiger partial charge >= 0.3 is 0 Å². The molecule has 0 aromatic carbocycles. The predicted molar refractivity (Wildman–Crippen MR) is 106 cm³/mol. The van der Waals surface area contributed by atoms with Gasteiger partial charge in [0, 0.05) is 7.05 Å². The molecular weight excluding hydrogens is 360 g/mol. The number of hydrogen-bond acceptors (Lipinski definition) is 1. The van der Waals surface area contributed by atoms with Crippen LogP contribution in [0.5, 0.6) is 0 Å². The fourth-order valence-corrected chi connectivity index (χ4v) is 3.48. The van der Waals surface area contributed by atoms with Crippen molar-refractivity contribution in [1.29, 1.82) is 0 Å². The van der Waals surface area contributed by atoms with E-state index in [1.165, 1.54) is 109 Å². The van der Waals surface area contributed by atoms with Crippen LogP contribution >= 0.6 is 0 Å². The van der Waals surface area contributed by atoms with Crippen LogP contribution in [0.15, 0.2) is 0 Å². The van der Waals surface area contributed by atoms with Crippen LogP contribution in [0, 0.1) is 0 Å². The number of nitrogens with zero attached hydrogens (tertiary/aromatic N) is 1. The number of hydrogen-bond donors (Lipinski definition) is 1. The van der Waals surface area contributed by atoms with Gasteiger partial charge in [0.2, 0.25) is 0 Å². The molecule has 1 unspecified atom stereocenters. The second-order valence-electron chi connectivity index (χ2n) is 7.66. The maximum Gasteiger partial charge on any atom is 0.0959 e. The Balaban J connectivity index is 0. The summed E-state index contributed by atoms with van der Waals surface area (Å²) in [6, 6.07) is 0. The van der Waals surface area contributed by atoms with Gasteiger partial charge < -0.3 is 17.0 Å². The molecule has 0 rings (SSSR count). The van der Waals surface area contributed by atoms with Crippen LogP contribution < -0.4 is 22.4 Å². The minimum absolute atomic E-state index is 0. The highest BCUT2D eigenvalue weighted by atomic mass is 79.9. The van der Waals surface area contributed by atoms with Crippen molar-refractivity contribution >= 4 is 0 Å². The molecule has 0 spiro atoms. The van der Waals surface area contributed by atoms with E-state index in [0.29, 0.717) is 0 Å². The van der Waals surface area contributed by atoms with E-state index in [1.54, 1.807) is 0 Å². The third-order valence-corrected chi connectivity index (χ3v) is 5.26. The second kappa shape index (κ2) is 19.7. The Morgan fingerprint density at radius 3 is 1.25 bits per heavy atom. The minimum atomic E-state index is 0. The van der Waals surface area contributed by atoms with E-state index in [9.17, 15) is 0 Å². The lowest BCUT2D eigenvalue weighted by molar-refractivity contribution is -0.950. The molecule has 0 aliphatic carbocycles. The summed E-state index contributed by atoms with van der Waals surface area (Å²) in [5, 5.41) is 0. The standard InChI is InChI=1S/C21H47N2.BrH/c1-5-7-8-9-10-11-12-13-14-15-16-17-18-19-21-23(4,22-3)20-6-2;/h22H,5-21H2,1-4H3;1H/q+1;/p-1. The first-order valence-electron chi connectivity index (χ1n) is 10.7. The lowest BCUT2D eigenvalue weighted by atomic mass is 10.0. The Morgan fingerprint density at radius 1 is 0.542 bits per heavy atom. The molecule has 0 amide bonds. The van der Waals surface area contributed by atoms with Crippen LogP contribution in [0.2, 0.25) is 0 Å². The van der Waals surface area contributed by atoms with Crippen LogP contribution in [0.1, 0.15) is 110 Å². The Kier molecular flexibility index (Phi) is 21.9. The van der Waals surface area contributed by atoms with Crippen LogP contribution in [0.25, 0.3) is 0 Å². The molecule has 3 heteroatoms. The Morgan fingerprint density at radius 2 is 0.917 bits per heavy atom. The Hall–Kier alpha value is 0.400. The van der Waals surface area contributed by atoms with E-state index < -0.39 is 0 Å². The largest absolute Gasteiger partial charge is 1.00 e. The second-order valence-corrected chi connectivity index (χ2v) is 7.66. The minimum Gasteiger partial charge on any atom is -1.00 e. The van der Waals surface area contributed by atoms with E-state index >= 15 is 0 Å². The molecule has 1 atom stereocenters. The lowest BCUT2D eigenvalue weighted by Crippen LogP contribution is -3.00. The van der Waals surface area contributed by atoms with Crippen LogP contribution in [0.4, 0.5) is 0 Å². The van der Waals surface area contributed by atoms with Crippen molar-refractivity contribution in [3.63, 3.8) is 0 Å². The predicted octanol–water partition coefficient (Wildman–Crippen LogP) is 3.46. The van der Waals surface area contributed by atoms with Gasteiger partial charge in [0.25, 0.3) is 0 Å². The highest BCUT2D eigenvalue weighted by Gasteiger charge is 2.17. The fraction of sp³-hybridized carbons (Fsp3) is 1.00. The summed E-state index contributed by atoms with van der Waals surface area (Å²) >= 11 is 0. The van der Waals surface area contributed by atoms with Crippen molar-refractivity contribution in [2.24, 2.45) is 0 Å². The van der Waals surface area contributed by atoms with Crippen molar-refractivity contribution in [1.82, 2.24) is 5.43 Å². The molecule has 0 aliphatic rings. The molecule has 148 valence electrons. The highest BCUT2D eigenvalue weighted by molar-refractivity contribution is 4.49. The number of halogens is 1. The molecule has 2 nitrogen and oxygen atoms in total. The smallest absolute Gasteiger partial charge is 0.0959 e. The first kappa shape index (κ1) is 26.6. The average Bonchev–Trinajstić information content (AvgIpc) is 2.55. The van der Waals surface area contributed by atoms with Crippen molar-refractivity contribution in [2.75, 3.05) is 27.2 Å². The van der Waals surface area contributed by atoms with Crippen molar-refractivity contribution in [2.45, 2.75) is 110 Å². The summed E-state index contributed by atoms with van der Waals surface area (Å²) in [4.78, 5) is 0. The van der Waals surface area contributed by atoms with Gasteiger partial charge in [-0.3, -0.25) is 0 Å². The van der Waals surface area contributed by atoms with Gasteiger partial charge in [0.1, 0.15) is 0 Å². The van der Waals surface area contributed by atoms with E-state index in [1.807, 2.05) is 0 Å². The van der Waals surface area contributed by atoms with Crippen LogP contribution in [0.3, 0.4) is 0 Å². The number of quaternary nitrogens is 1. The van der Waals surface area contributed by atoms with E-state index in [0.717, 1.165) is 4.59 Å². The normalized spacial score (nSPS) is 13.5. The Labute approximate surface area is 164 Å². The summed E-state index contributed by atoms with van der Waals surface area (Å²) < 4.78 is 1.04. The number of unbranched alkanes of at least 4 members (excludes halogenated alkanes) is 13. The topological polar surface area (TPSA) is 12.0 Å². The summed E-state index contributed by atoms with van der Waals surface area (Å²) in [6.45, 7) is 7.10. The maximum absolute atomic E-state index is 3.46. The van der Waals surface area contributed by atoms with Gasteiger partial charge in [0.15, 0.2) is 0 Å². The van der Waals surface area contributed by atoms with E-state index in [4.69, 9.17) is 0 Å². The molecule has 24 heavy (non-hydrogen) atoms. The van der Waals surface area contributed by atoms with Gasteiger partial charge in [-0.25, -0.2) is 4.59 Å². The maximum atomic E-state index is 3.46. The third-order valence-electron chi connectivity index (χ3n) is 5.26. The monoisotopic (exact) mass is 406 g/mol. The molecule has 0 saturated carbocycles. The Bertz CT molecular complexity index is 236. The molecule has 1 N–H and O–H groups in total. The van der Waals surface area contributed by atoms with E-state index in [2.05, 4.69) is 33.4 Å². The zero-order valence-corrected chi connectivity index (χ0v) is 18.9.